The van der Waals surface area contributed by atoms with Gasteiger partial charge in [-0.3, -0.25) is 0 Å². The molecule has 0 heterocycles. The first-order valence-electron chi connectivity index (χ1n) is 4.63. The molecule has 0 aromatic heterocycles. The molecule has 0 aliphatic heterocycles. The molecule has 0 saturated carbocycles. The van der Waals surface area contributed by atoms with Crippen LogP contribution in [-0.4, -0.2) is 22.1 Å². The van der Waals surface area contributed by atoms with Gasteiger partial charge in [-0.05, 0) is 0 Å². The van der Waals surface area contributed by atoms with E-state index in [0.717, 1.165) is 0 Å². The molecule has 0 rings (SSSR count). The predicted octanol–water partition coefficient (Wildman–Crippen LogP) is 4.02. The van der Waals surface area contributed by atoms with Crippen molar-refractivity contribution in [2.75, 3.05) is 0 Å². The van der Waals surface area contributed by atoms with E-state index < -0.39 is 0 Å². The van der Waals surface area contributed by atoms with E-state index in [1.165, 1.54) is 22.1 Å². The SMILES string of the molecule is CC.CC.CC.CC.[3H]N=[Te]. The van der Waals surface area contributed by atoms with Gasteiger partial charge in [0.1, 0.15) is 0 Å². The van der Waals surface area contributed by atoms with E-state index in [4.69, 9.17) is 1.41 Å². The van der Waals surface area contributed by atoms with Gasteiger partial charge in [0, 0.05) is 0 Å². The van der Waals surface area contributed by atoms with Crippen molar-refractivity contribution in [3.8, 4) is 0 Å². The molecule has 0 unspecified atom stereocenters. The molecule has 68 valence electrons. The minimum atomic E-state index is 1.36. The molecule has 0 saturated heterocycles. The third kappa shape index (κ3) is 1420. The van der Waals surface area contributed by atoms with Crippen molar-refractivity contribution in [1.29, 1.82) is 3.59 Å². The van der Waals surface area contributed by atoms with Crippen molar-refractivity contribution in [2.24, 2.45) is 0 Å². The molecular weight excluding hydrogens is 238 g/mol. The third-order valence-electron chi connectivity index (χ3n) is 0. The van der Waals surface area contributed by atoms with Gasteiger partial charge in [-0.15, -0.1) is 0 Å². The fraction of sp³-hybridized carbons (Fsp3) is 1.00. The fourth-order valence-electron chi connectivity index (χ4n) is 0. The van der Waals surface area contributed by atoms with Crippen LogP contribution in [0.1, 0.15) is 55.4 Å². The Bertz CT molecular complexity index is 21.6. The van der Waals surface area contributed by atoms with Crippen LogP contribution in [0, 0.1) is 3.59 Å². The van der Waals surface area contributed by atoms with Crippen LogP contribution in [0.4, 0.5) is 0 Å². The van der Waals surface area contributed by atoms with E-state index in [0.29, 0.717) is 0 Å². The van der Waals surface area contributed by atoms with Crippen LogP contribution < -0.4 is 0 Å². The Labute approximate surface area is 82.7 Å². The predicted molar refractivity (Wildman–Crippen MR) is 53.9 cm³/mol. The maximum absolute atomic E-state index is 5.84. The van der Waals surface area contributed by atoms with Gasteiger partial charge in [-0.25, -0.2) is 0 Å². The second-order valence-corrected chi connectivity index (χ2v) is 0. The van der Waals surface area contributed by atoms with Gasteiger partial charge in [0.05, 0.1) is 0 Å². The van der Waals surface area contributed by atoms with E-state index in [1.54, 1.807) is 0 Å². The molecule has 0 fully saturated rings. The van der Waals surface area contributed by atoms with Crippen molar-refractivity contribution >= 4 is 22.1 Å². The van der Waals surface area contributed by atoms with Gasteiger partial charge in [-0.1, -0.05) is 55.4 Å². The van der Waals surface area contributed by atoms with Crippen molar-refractivity contribution in [3.63, 3.8) is 0 Å². The molecule has 0 radical (unpaired) electrons. The van der Waals surface area contributed by atoms with Crippen LogP contribution in [-0.2, 0) is 0 Å². The van der Waals surface area contributed by atoms with Crippen LogP contribution in [0.15, 0.2) is 0 Å². The summed E-state index contributed by atoms with van der Waals surface area (Å²) in [6, 6.07) is 0. The van der Waals surface area contributed by atoms with Gasteiger partial charge >= 0.3 is 27.1 Å². The first-order chi connectivity index (χ1) is 5.41. The molecule has 0 amide bonds. The summed E-state index contributed by atoms with van der Waals surface area (Å²) < 4.78 is 8.60. The number of rotatable bonds is 0. The summed E-state index contributed by atoms with van der Waals surface area (Å²) in [6.07, 6.45) is 0. The summed E-state index contributed by atoms with van der Waals surface area (Å²) in [5, 5.41) is 0. The Kier molecular flexibility index (Phi) is 4560. The Morgan fingerprint density at radius 3 is 0.800 bits per heavy atom. The van der Waals surface area contributed by atoms with Gasteiger partial charge in [0.15, 0.2) is 0 Å². The zero-order valence-corrected chi connectivity index (χ0v) is 11.2. The first-order valence-corrected chi connectivity index (χ1v) is 5.22. The molecular formula is C8H25NTe. The molecule has 0 atom stereocenters. The Hall–Kier alpha value is 0.590. The van der Waals surface area contributed by atoms with E-state index >= 15 is 0 Å². The van der Waals surface area contributed by atoms with Crippen molar-refractivity contribution < 1.29 is 1.41 Å². The first kappa shape index (κ1) is 22.4. The van der Waals surface area contributed by atoms with Crippen molar-refractivity contribution in [2.45, 2.75) is 55.4 Å². The van der Waals surface area contributed by atoms with Crippen molar-refractivity contribution in [3.05, 3.63) is 0 Å². The Morgan fingerprint density at radius 2 is 0.800 bits per heavy atom. The normalized spacial score (nSPS) is 3.80. The average Bonchev–Trinajstić information content (AvgIpc) is 2.18. The molecule has 0 aromatic carbocycles. The van der Waals surface area contributed by atoms with Gasteiger partial charge in [0.25, 0.3) is 0 Å². The van der Waals surface area contributed by atoms with E-state index in [-0.39, 0.29) is 0 Å². The number of hydrogen-bond donors (Lipinski definition) is 1. The summed E-state index contributed by atoms with van der Waals surface area (Å²) in [5.74, 6) is 0. The van der Waals surface area contributed by atoms with Crippen LogP contribution >= 0.6 is 0 Å². The maximum atomic E-state index is 5.84. The molecule has 0 aliphatic rings. The molecule has 0 aromatic rings. The molecule has 1 N–H and O–H groups in total. The van der Waals surface area contributed by atoms with Crippen LogP contribution in [0.25, 0.3) is 0 Å². The zero-order chi connectivity index (χ0) is 10.7. The van der Waals surface area contributed by atoms with Crippen LogP contribution in [0.5, 0.6) is 0 Å². The molecule has 2 heteroatoms. The van der Waals surface area contributed by atoms with Gasteiger partial charge in [0.2, 0.25) is 0 Å². The second-order valence-electron chi connectivity index (χ2n) is 0. The van der Waals surface area contributed by atoms with Gasteiger partial charge in [-0.2, -0.15) is 0 Å². The number of nitrogens with one attached hydrogen (secondary N) is 1. The van der Waals surface area contributed by atoms with Crippen LogP contribution in [0.2, 0.25) is 1.41 Å². The fourth-order valence-corrected chi connectivity index (χ4v) is 0. The Balaban J connectivity index is -0.0000000139. The second kappa shape index (κ2) is 2040. The molecule has 0 aliphatic carbocycles. The summed E-state index contributed by atoms with van der Waals surface area (Å²) in [6.45, 7) is 16.0. The summed E-state index contributed by atoms with van der Waals surface area (Å²) in [5.41, 5.74) is 0. The van der Waals surface area contributed by atoms with Crippen molar-refractivity contribution in [1.82, 2.24) is 0 Å². The molecule has 1 nitrogen and oxygen atoms in total. The number of hydrogen-bond acceptors (Lipinski definition) is 1. The topological polar surface area (TPSA) is 23.9 Å². The summed E-state index contributed by atoms with van der Waals surface area (Å²) in [4.78, 5) is 0. The zero-order valence-electron chi connectivity index (χ0n) is 9.86. The van der Waals surface area contributed by atoms with Gasteiger partial charge < -0.3 is 0 Å². The van der Waals surface area contributed by atoms with E-state index in [9.17, 15) is 0 Å². The molecule has 10 heavy (non-hydrogen) atoms. The van der Waals surface area contributed by atoms with E-state index in [1.807, 2.05) is 55.4 Å². The monoisotopic (exact) mass is 267 g/mol. The van der Waals surface area contributed by atoms with Crippen LogP contribution in [0.3, 0.4) is 0 Å². The summed E-state index contributed by atoms with van der Waals surface area (Å²) >= 11 is 1.36. The Morgan fingerprint density at radius 1 is 0.800 bits per heavy atom. The molecule has 0 bridgehead atoms. The average molecular weight is 265 g/mol. The minimum absolute atomic E-state index is 1.36. The summed E-state index contributed by atoms with van der Waals surface area (Å²) in [7, 11) is 0. The third-order valence-corrected chi connectivity index (χ3v) is 0. The standard InChI is InChI=1S/4C2H6.HNTe/c5*1-2/h4*1-2H3;1H/i/hT. The molecule has 0 spiro atoms. The van der Waals surface area contributed by atoms with E-state index in [2.05, 4.69) is 3.59 Å². The quantitative estimate of drug-likeness (QED) is 0.639.